The molecule has 1 aromatic carbocycles. The van der Waals surface area contributed by atoms with Crippen molar-refractivity contribution in [2.45, 2.75) is 59.2 Å². The molecule has 3 N–H and O–H groups in total. The third kappa shape index (κ3) is 10.0. The number of aliphatic imine (C=N–C) groups is 1. The van der Waals surface area contributed by atoms with Gasteiger partial charge in [0.2, 0.25) is 0 Å². The molecular weight excluding hydrogens is 517 g/mol. The van der Waals surface area contributed by atoms with Crippen molar-refractivity contribution < 1.29 is 9.53 Å². The summed E-state index contributed by atoms with van der Waals surface area (Å²) in [5.74, 6) is 1.38. The monoisotopic (exact) mass is 559 g/mol. The Morgan fingerprint density at radius 2 is 1.91 bits per heavy atom. The minimum atomic E-state index is -0.0271. The number of benzene rings is 1. The molecule has 0 bridgehead atoms. The molecule has 0 spiro atoms. The van der Waals surface area contributed by atoms with Gasteiger partial charge in [-0.2, -0.15) is 0 Å². The van der Waals surface area contributed by atoms with E-state index in [4.69, 9.17) is 4.74 Å². The lowest BCUT2D eigenvalue weighted by Crippen LogP contribution is -2.50. The Morgan fingerprint density at radius 3 is 2.53 bits per heavy atom. The van der Waals surface area contributed by atoms with Gasteiger partial charge in [-0.05, 0) is 43.4 Å². The van der Waals surface area contributed by atoms with Gasteiger partial charge >= 0.3 is 0 Å². The van der Waals surface area contributed by atoms with Gasteiger partial charge in [-0.15, -0.1) is 24.0 Å². The van der Waals surface area contributed by atoms with Gasteiger partial charge in [0.05, 0.1) is 13.2 Å². The zero-order chi connectivity index (χ0) is 22.6. The fourth-order valence-electron chi connectivity index (χ4n) is 3.70. The number of halogens is 1. The lowest BCUT2D eigenvalue weighted by Gasteiger charge is -2.35. The highest BCUT2D eigenvalue weighted by molar-refractivity contribution is 14.0. The molecule has 2 unspecified atom stereocenters. The van der Waals surface area contributed by atoms with E-state index in [9.17, 15) is 4.79 Å². The maximum atomic E-state index is 12.4. The average Bonchev–Trinajstić information content (AvgIpc) is 2.78. The van der Waals surface area contributed by atoms with Crippen LogP contribution >= 0.6 is 24.0 Å². The van der Waals surface area contributed by atoms with E-state index < -0.39 is 0 Å². The van der Waals surface area contributed by atoms with E-state index in [1.54, 1.807) is 7.05 Å². The topological polar surface area (TPSA) is 78.0 Å². The molecular formula is C24H42IN5O2. The minimum Gasteiger partial charge on any atom is -0.379 e. The molecule has 0 aliphatic carbocycles. The van der Waals surface area contributed by atoms with E-state index >= 15 is 0 Å². The van der Waals surface area contributed by atoms with Crippen molar-refractivity contribution in [2.24, 2.45) is 10.9 Å². The third-order valence-electron chi connectivity index (χ3n) is 5.67. The fourth-order valence-corrected chi connectivity index (χ4v) is 3.70. The van der Waals surface area contributed by atoms with Crippen molar-refractivity contribution in [3.05, 3.63) is 35.4 Å². The summed E-state index contributed by atoms with van der Waals surface area (Å²) in [6.45, 7) is 13.6. The van der Waals surface area contributed by atoms with E-state index in [0.717, 1.165) is 57.2 Å². The molecule has 1 aliphatic heterocycles. The van der Waals surface area contributed by atoms with Crippen LogP contribution in [0.3, 0.4) is 0 Å². The van der Waals surface area contributed by atoms with Gasteiger partial charge < -0.3 is 20.7 Å². The Labute approximate surface area is 211 Å². The van der Waals surface area contributed by atoms with Crippen LogP contribution in [0.2, 0.25) is 0 Å². The predicted octanol–water partition coefficient (Wildman–Crippen LogP) is 3.24. The molecule has 7 nitrogen and oxygen atoms in total. The zero-order valence-electron chi connectivity index (χ0n) is 20.3. The molecule has 0 aromatic heterocycles. The Bertz CT molecular complexity index is 707. The van der Waals surface area contributed by atoms with Crippen LogP contribution < -0.4 is 16.0 Å². The summed E-state index contributed by atoms with van der Waals surface area (Å²) in [6.07, 6.45) is 2.05. The normalized spacial score (nSPS) is 16.8. The van der Waals surface area contributed by atoms with Gasteiger partial charge in [-0.1, -0.05) is 32.9 Å². The minimum absolute atomic E-state index is 0. The van der Waals surface area contributed by atoms with Crippen molar-refractivity contribution in [1.82, 2.24) is 20.9 Å². The summed E-state index contributed by atoms with van der Waals surface area (Å²) in [4.78, 5) is 19.3. The second kappa shape index (κ2) is 15.4. The van der Waals surface area contributed by atoms with Gasteiger partial charge in [0, 0.05) is 50.9 Å². The molecule has 0 saturated carbocycles. The highest BCUT2D eigenvalue weighted by atomic mass is 127. The van der Waals surface area contributed by atoms with Crippen LogP contribution in [0, 0.1) is 5.92 Å². The molecule has 1 amide bonds. The van der Waals surface area contributed by atoms with Crippen LogP contribution in [-0.2, 0) is 11.3 Å². The predicted molar refractivity (Wildman–Crippen MR) is 143 cm³/mol. The summed E-state index contributed by atoms with van der Waals surface area (Å²) in [5.41, 5.74) is 1.73. The number of hydrogen-bond acceptors (Lipinski definition) is 4. The summed E-state index contributed by atoms with van der Waals surface area (Å²) in [7, 11) is 1.79. The number of carbonyl (C=O) groups excluding carboxylic acids is 1. The van der Waals surface area contributed by atoms with Crippen LogP contribution in [0.5, 0.6) is 0 Å². The van der Waals surface area contributed by atoms with Crippen LogP contribution in [-0.4, -0.2) is 68.7 Å². The first-order valence-corrected chi connectivity index (χ1v) is 11.6. The second-order valence-corrected chi connectivity index (χ2v) is 8.72. The number of nitrogens with one attached hydrogen (secondary N) is 3. The zero-order valence-corrected chi connectivity index (χ0v) is 22.6. The Morgan fingerprint density at radius 1 is 1.19 bits per heavy atom. The molecule has 1 saturated heterocycles. The molecule has 1 heterocycles. The molecule has 2 atom stereocenters. The van der Waals surface area contributed by atoms with Gasteiger partial charge in [0.15, 0.2) is 5.96 Å². The number of nitrogens with zero attached hydrogens (tertiary/aromatic N) is 2. The first-order chi connectivity index (χ1) is 14.9. The van der Waals surface area contributed by atoms with Crippen LogP contribution in [0.15, 0.2) is 29.3 Å². The van der Waals surface area contributed by atoms with Gasteiger partial charge in [-0.3, -0.25) is 14.7 Å². The lowest BCUT2D eigenvalue weighted by atomic mass is 10.0. The molecule has 2 rings (SSSR count). The van der Waals surface area contributed by atoms with E-state index in [0.29, 0.717) is 24.1 Å². The highest BCUT2D eigenvalue weighted by Gasteiger charge is 2.22. The number of rotatable bonds is 10. The maximum absolute atomic E-state index is 12.4. The van der Waals surface area contributed by atoms with Crippen molar-refractivity contribution in [1.29, 1.82) is 0 Å². The summed E-state index contributed by atoms with van der Waals surface area (Å²) in [6, 6.07) is 8.36. The first-order valence-electron chi connectivity index (χ1n) is 11.6. The molecule has 8 heteroatoms. The largest absolute Gasteiger partial charge is 0.379 e. The van der Waals surface area contributed by atoms with Gasteiger partial charge in [0.25, 0.3) is 5.91 Å². The number of carbonyl (C=O) groups is 1. The Kier molecular flexibility index (Phi) is 13.8. The summed E-state index contributed by atoms with van der Waals surface area (Å²) < 4.78 is 5.52. The SMILES string of the molecule is CCC(C)NC(=O)c1cccc(CNC(=NC)NCC(CC(C)C)N2CCOCC2)c1.I. The fraction of sp³-hybridized carbons (Fsp3) is 0.667. The van der Waals surface area contributed by atoms with Crippen LogP contribution in [0.25, 0.3) is 0 Å². The number of hydrogen-bond donors (Lipinski definition) is 3. The lowest BCUT2D eigenvalue weighted by molar-refractivity contribution is 0.0132. The molecule has 0 radical (unpaired) electrons. The smallest absolute Gasteiger partial charge is 0.251 e. The Hall–Kier alpha value is -1.39. The van der Waals surface area contributed by atoms with Gasteiger partial charge in [0.1, 0.15) is 0 Å². The third-order valence-corrected chi connectivity index (χ3v) is 5.67. The van der Waals surface area contributed by atoms with Crippen molar-refractivity contribution >= 4 is 35.8 Å². The standard InChI is InChI=1S/C24H41N5O2.HI/c1-6-19(4)28-23(30)21-9-7-8-20(15-21)16-26-24(25-5)27-17-22(14-18(2)3)29-10-12-31-13-11-29;/h7-9,15,18-19,22H,6,10-14,16-17H2,1-5H3,(H,28,30)(H2,25,26,27);1H. The molecule has 1 aromatic rings. The van der Waals surface area contributed by atoms with Crippen LogP contribution in [0.4, 0.5) is 0 Å². The van der Waals surface area contributed by atoms with Crippen LogP contribution in [0.1, 0.15) is 56.5 Å². The quantitative estimate of drug-likeness (QED) is 0.233. The second-order valence-electron chi connectivity index (χ2n) is 8.72. The number of amides is 1. The molecule has 1 aliphatic rings. The van der Waals surface area contributed by atoms with E-state index in [1.807, 2.05) is 31.2 Å². The van der Waals surface area contributed by atoms with Crippen molar-refractivity contribution in [3.8, 4) is 0 Å². The molecule has 182 valence electrons. The van der Waals surface area contributed by atoms with E-state index in [-0.39, 0.29) is 35.9 Å². The van der Waals surface area contributed by atoms with Crippen molar-refractivity contribution in [3.63, 3.8) is 0 Å². The number of ether oxygens (including phenoxy) is 1. The summed E-state index contributed by atoms with van der Waals surface area (Å²) >= 11 is 0. The molecule has 32 heavy (non-hydrogen) atoms. The maximum Gasteiger partial charge on any atom is 0.251 e. The van der Waals surface area contributed by atoms with E-state index in [2.05, 4.69) is 46.6 Å². The van der Waals surface area contributed by atoms with E-state index in [1.165, 1.54) is 0 Å². The van der Waals surface area contributed by atoms with Gasteiger partial charge in [-0.25, -0.2) is 0 Å². The molecule has 1 fully saturated rings. The average molecular weight is 560 g/mol. The first kappa shape index (κ1) is 28.6. The number of guanidine groups is 1. The highest BCUT2D eigenvalue weighted by Crippen LogP contribution is 2.13. The Balaban J connectivity index is 0.00000512. The van der Waals surface area contributed by atoms with Crippen molar-refractivity contribution in [2.75, 3.05) is 39.9 Å². The summed E-state index contributed by atoms with van der Waals surface area (Å²) in [5, 5.41) is 9.89. The number of morpholine rings is 1.